The molecular formula is C26H27ClF5N9O3. The molecule has 0 aliphatic carbocycles. The van der Waals surface area contributed by atoms with Crippen LogP contribution in [0.2, 0.25) is 5.02 Å². The predicted octanol–water partition coefficient (Wildman–Crippen LogP) is 2.91. The third-order valence-corrected chi connectivity index (χ3v) is 7.56. The van der Waals surface area contributed by atoms with E-state index < -0.39 is 36.3 Å². The number of alkyl halides is 5. The van der Waals surface area contributed by atoms with Crippen molar-refractivity contribution in [2.75, 3.05) is 44.6 Å². The van der Waals surface area contributed by atoms with Gasteiger partial charge in [0.2, 0.25) is 0 Å². The van der Waals surface area contributed by atoms with Gasteiger partial charge in [-0.15, -0.1) is 0 Å². The molecule has 4 amide bonds. The van der Waals surface area contributed by atoms with Gasteiger partial charge in [-0.2, -0.15) is 18.3 Å². The van der Waals surface area contributed by atoms with Gasteiger partial charge in [0, 0.05) is 58.2 Å². The molecule has 0 spiro atoms. The molecule has 2 fully saturated rings. The lowest BCUT2D eigenvalue weighted by atomic mass is 10.1. The monoisotopic (exact) mass is 643 g/mol. The van der Waals surface area contributed by atoms with Crippen LogP contribution in [0.15, 0.2) is 30.6 Å². The van der Waals surface area contributed by atoms with Crippen molar-refractivity contribution in [1.82, 2.24) is 39.8 Å². The Labute approximate surface area is 252 Å². The topological polar surface area (TPSA) is 129 Å². The van der Waals surface area contributed by atoms with E-state index in [9.17, 15) is 36.3 Å². The zero-order valence-electron chi connectivity index (χ0n) is 23.2. The molecule has 44 heavy (non-hydrogen) atoms. The Morgan fingerprint density at radius 1 is 1.11 bits per heavy atom. The Kier molecular flexibility index (Phi) is 8.78. The van der Waals surface area contributed by atoms with E-state index in [1.807, 2.05) is 0 Å². The number of nitrogens with zero attached hydrogens (tertiary/aromatic N) is 6. The van der Waals surface area contributed by atoms with E-state index >= 15 is 0 Å². The van der Waals surface area contributed by atoms with E-state index in [1.165, 1.54) is 25.2 Å². The van der Waals surface area contributed by atoms with Crippen LogP contribution in [0.5, 0.6) is 0 Å². The summed E-state index contributed by atoms with van der Waals surface area (Å²) >= 11 is 6.38. The molecule has 2 saturated heterocycles. The number of carbonyl (C=O) groups is 3. The van der Waals surface area contributed by atoms with E-state index in [0.29, 0.717) is 30.9 Å². The summed E-state index contributed by atoms with van der Waals surface area (Å²) in [4.78, 5) is 45.6. The first-order chi connectivity index (χ1) is 20.8. The van der Waals surface area contributed by atoms with Crippen LogP contribution in [0.25, 0.3) is 11.3 Å². The smallest absolute Gasteiger partial charge is 0.335 e. The van der Waals surface area contributed by atoms with E-state index in [1.54, 1.807) is 9.80 Å². The highest BCUT2D eigenvalue weighted by molar-refractivity contribution is 6.34. The highest BCUT2D eigenvalue weighted by Gasteiger charge is 2.39. The molecule has 0 radical (unpaired) electrons. The van der Waals surface area contributed by atoms with Crippen molar-refractivity contribution in [1.29, 1.82) is 0 Å². The average Bonchev–Trinajstić information content (AvgIpc) is 3.53. The molecule has 0 atom stereocenters. The SMILES string of the molecule is Cn1c(-c2cn(CC(F)F)nc2C(F)(F)F)cnc1C(=O)Nc1ccc(C(=O)N2CCN(C(=O)NC3CNC3)CC2)c(Cl)c1. The number of hydrogen-bond donors (Lipinski definition) is 3. The van der Waals surface area contributed by atoms with Gasteiger partial charge in [-0.25, -0.2) is 18.6 Å². The normalized spacial score (nSPS) is 15.8. The molecule has 2 aliphatic heterocycles. The number of anilines is 1. The molecule has 0 saturated carbocycles. The number of carbonyl (C=O) groups excluding carboxylic acids is 3. The van der Waals surface area contributed by atoms with Crippen molar-refractivity contribution in [3.63, 3.8) is 0 Å². The van der Waals surface area contributed by atoms with Crippen molar-refractivity contribution in [3.8, 4) is 11.3 Å². The quantitative estimate of drug-likeness (QED) is 0.340. The zero-order chi connectivity index (χ0) is 31.8. The standard InChI is InChI=1S/C26H27ClF5N9O3/c1-38-19(17-12-41(13-20(28)29)37-21(17)26(30,31)32)11-34-22(38)23(42)35-14-2-3-16(18(27)8-14)24(43)39-4-6-40(7-5-39)25(44)36-15-9-33-10-15/h2-3,8,11-12,15,20,33H,4-7,9-10,13H2,1H3,(H,35,42)(H,36,44). The Hall–Kier alpha value is -4.25. The second-order valence-corrected chi connectivity index (χ2v) is 10.7. The molecule has 1 aromatic carbocycles. The number of amides is 4. The second kappa shape index (κ2) is 12.4. The molecule has 5 rings (SSSR count). The number of aromatic nitrogens is 4. The fourth-order valence-electron chi connectivity index (χ4n) is 4.82. The van der Waals surface area contributed by atoms with Crippen LogP contribution in [0.3, 0.4) is 0 Å². The number of nitrogens with one attached hydrogen (secondary N) is 3. The highest BCUT2D eigenvalue weighted by atomic mass is 35.5. The van der Waals surface area contributed by atoms with Crippen LogP contribution in [0.1, 0.15) is 26.7 Å². The van der Waals surface area contributed by atoms with Gasteiger partial charge in [0.05, 0.1) is 34.1 Å². The Balaban J connectivity index is 1.24. The van der Waals surface area contributed by atoms with Gasteiger partial charge in [0.15, 0.2) is 11.5 Å². The number of rotatable bonds is 7. The summed E-state index contributed by atoms with van der Waals surface area (Å²) in [6.45, 7) is 1.73. The third-order valence-electron chi connectivity index (χ3n) is 7.24. The lowest BCUT2D eigenvalue weighted by Crippen LogP contribution is -2.61. The highest BCUT2D eigenvalue weighted by Crippen LogP contribution is 2.36. The van der Waals surface area contributed by atoms with E-state index in [4.69, 9.17) is 11.6 Å². The van der Waals surface area contributed by atoms with Gasteiger partial charge >= 0.3 is 12.2 Å². The third kappa shape index (κ3) is 6.62. The number of piperazine rings is 1. The van der Waals surface area contributed by atoms with Crippen LogP contribution < -0.4 is 16.0 Å². The van der Waals surface area contributed by atoms with Crippen LogP contribution in [0.4, 0.5) is 32.4 Å². The molecule has 4 heterocycles. The van der Waals surface area contributed by atoms with Crippen molar-refractivity contribution < 1.29 is 36.3 Å². The van der Waals surface area contributed by atoms with Gasteiger partial charge in [-0.1, -0.05) is 11.6 Å². The number of hydrogen-bond acceptors (Lipinski definition) is 6. The maximum absolute atomic E-state index is 13.6. The molecule has 12 nitrogen and oxygen atoms in total. The predicted molar refractivity (Wildman–Crippen MR) is 148 cm³/mol. The molecule has 18 heteroatoms. The summed E-state index contributed by atoms with van der Waals surface area (Å²) in [5.41, 5.74) is -1.71. The maximum Gasteiger partial charge on any atom is 0.435 e. The Bertz CT molecular complexity index is 1560. The van der Waals surface area contributed by atoms with Gasteiger partial charge in [0.1, 0.15) is 6.54 Å². The fourth-order valence-corrected chi connectivity index (χ4v) is 5.08. The Morgan fingerprint density at radius 3 is 2.39 bits per heavy atom. The summed E-state index contributed by atoms with van der Waals surface area (Å²) < 4.78 is 67.9. The average molecular weight is 644 g/mol. The van der Waals surface area contributed by atoms with Crippen LogP contribution >= 0.6 is 11.6 Å². The number of urea groups is 1. The molecule has 2 aromatic heterocycles. The summed E-state index contributed by atoms with van der Waals surface area (Å²) in [5, 5.41) is 11.8. The van der Waals surface area contributed by atoms with Crippen molar-refractivity contribution in [2.45, 2.75) is 25.2 Å². The van der Waals surface area contributed by atoms with E-state index in [0.717, 1.165) is 30.1 Å². The first kappa shape index (κ1) is 31.2. The minimum atomic E-state index is -4.94. The number of imidazole rings is 1. The molecule has 236 valence electrons. The maximum atomic E-state index is 13.6. The second-order valence-electron chi connectivity index (χ2n) is 10.3. The fraction of sp³-hybridized carbons (Fsp3) is 0.423. The van der Waals surface area contributed by atoms with Crippen molar-refractivity contribution >= 4 is 35.1 Å². The van der Waals surface area contributed by atoms with Gasteiger partial charge in [-0.05, 0) is 18.2 Å². The first-order valence-corrected chi connectivity index (χ1v) is 13.8. The molecular weight excluding hydrogens is 617 g/mol. The Morgan fingerprint density at radius 2 is 1.80 bits per heavy atom. The van der Waals surface area contributed by atoms with Crippen molar-refractivity contribution in [3.05, 3.63) is 52.7 Å². The van der Waals surface area contributed by atoms with Gasteiger partial charge in [0.25, 0.3) is 18.2 Å². The molecule has 2 aliphatic rings. The summed E-state index contributed by atoms with van der Waals surface area (Å²) in [6.07, 6.45) is -6.04. The number of benzene rings is 1. The summed E-state index contributed by atoms with van der Waals surface area (Å²) in [7, 11) is 1.30. The number of halogens is 6. The minimum Gasteiger partial charge on any atom is -0.335 e. The largest absolute Gasteiger partial charge is 0.435 e. The van der Waals surface area contributed by atoms with Crippen molar-refractivity contribution in [2.24, 2.45) is 7.05 Å². The minimum absolute atomic E-state index is 0.0484. The van der Waals surface area contributed by atoms with Crippen LogP contribution in [-0.2, 0) is 19.8 Å². The molecule has 3 N–H and O–H groups in total. The molecule has 0 unspecified atom stereocenters. The summed E-state index contributed by atoms with van der Waals surface area (Å²) in [5.74, 6) is -1.42. The summed E-state index contributed by atoms with van der Waals surface area (Å²) in [6, 6.07) is 4.15. The lowest BCUT2D eigenvalue weighted by molar-refractivity contribution is -0.141. The lowest BCUT2D eigenvalue weighted by Gasteiger charge is -2.37. The van der Waals surface area contributed by atoms with Gasteiger partial charge < -0.3 is 30.3 Å². The molecule has 3 aromatic rings. The zero-order valence-corrected chi connectivity index (χ0v) is 23.9. The van der Waals surface area contributed by atoms with Gasteiger partial charge in [-0.3, -0.25) is 14.3 Å². The first-order valence-electron chi connectivity index (χ1n) is 13.4. The molecule has 0 bridgehead atoms. The van der Waals surface area contributed by atoms with E-state index in [-0.39, 0.29) is 45.8 Å². The van der Waals surface area contributed by atoms with Crippen LogP contribution in [0, 0.1) is 0 Å². The van der Waals surface area contributed by atoms with Crippen LogP contribution in [-0.4, -0.2) is 98.7 Å². The van der Waals surface area contributed by atoms with E-state index in [2.05, 4.69) is 26.0 Å².